The second-order valence-electron chi connectivity index (χ2n) is 6.08. The number of rotatable bonds is 5. The summed E-state index contributed by atoms with van der Waals surface area (Å²) in [5.74, 6) is -0.278. The van der Waals surface area contributed by atoms with E-state index in [-0.39, 0.29) is 11.4 Å². The second kappa shape index (κ2) is 7.87. The van der Waals surface area contributed by atoms with E-state index in [2.05, 4.69) is 5.10 Å². The van der Waals surface area contributed by atoms with Crippen molar-refractivity contribution in [2.24, 2.45) is 0 Å². The molecule has 4 nitrogen and oxygen atoms in total. The predicted molar refractivity (Wildman–Crippen MR) is 111 cm³/mol. The van der Waals surface area contributed by atoms with E-state index in [9.17, 15) is 10.1 Å². The number of benzene rings is 2. The minimum Gasteiger partial charge on any atom is -0.288 e. The largest absolute Gasteiger partial charge is 0.288 e. The van der Waals surface area contributed by atoms with Crippen LogP contribution in [0.25, 0.3) is 22.3 Å². The Balaban J connectivity index is 1.57. The van der Waals surface area contributed by atoms with Crippen molar-refractivity contribution in [3.05, 3.63) is 101 Å². The van der Waals surface area contributed by atoms with Gasteiger partial charge in [-0.25, -0.2) is 4.68 Å². The number of hydrogen-bond donors (Lipinski definition) is 0. The quantitative estimate of drug-likeness (QED) is 0.264. The van der Waals surface area contributed by atoms with Crippen molar-refractivity contribution in [2.75, 3.05) is 0 Å². The Hall–Kier alpha value is -3.75. The van der Waals surface area contributed by atoms with Crippen LogP contribution >= 0.6 is 11.3 Å². The van der Waals surface area contributed by atoms with Crippen molar-refractivity contribution < 1.29 is 4.79 Å². The second-order valence-corrected chi connectivity index (χ2v) is 7.03. The number of carbonyl (C=O) groups excluding carboxylic acids is 1. The van der Waals surface area contributed by atoms with Gasteiger partial charge < -0.3 is 0 Å². The third-order valence-electron chi connectivity index (χ3n) is 4.23. The molecule has 2 aromatic carbocycles. The Morgan fingerprint density at radius 2 is 1.79 bits per heavy atom. The number of allylic oxidation sites excluding steroid dienone is 1. The summed E-state index contributed by atoms with van der Waals surface area (Å²) in [6.07, 6.45) is 3.53. The molecule has 2 heterocycles. The van der Waals surface area contributed by atoms with E-state index in [1.165, 1.54) is 0 Å². The van der Waals surface area contributed by atoms with Crippen molar-refractivity contribution in [1.29, 1.82) is 5.26 Å². The van der Waals surface area contributed by atoms with Crippen molar-refractivity contribution in [1.82, 2.24) is 9.78 Å². The first-order valence-electron chi connectivity index (χ1n) is 8.66. The minimum atomic E-state index is -0.278. The zero-order valence-electron chi connectivity index (χ0n) is 14.8. The summed E-state index contributed by atoms with van der Waals surface area (Å²) in [5, 5.41) is 16.0. The van der Waals surface area contributed by atoms with Gasteiger partial charge in [0.25, 0.3) is 0 Å². The van der Waals surface area contributed by atoms with Gasteiger partial charge in [-0.05, 0) is 41.3 Å². The molecule has 0 amide bonds. The maximum atomic E-state index is 12.5. The lowest BCUT2D eigenvalue weighted by Crippen LogP contribution is -2.01. The van der Waals surface area contributed by atoms with Crippen LogP contribution in [0.2, 0.25) is 0 Å². The topological polar surface area (TPSA) is 58.7 Å². The van der Waals surface area contributed by atoms with Gasteiger partial charge in [0.1, 0.15) is 17.3 Å². The van der Waals surface area contributed by atoms with Crippen LogP contribution in [0.5, 0.6) is 0 Å². The fourth-order valence-corrected chi connectivity index (χ4v) is 3.50. The molecule has 0 saturated heterocycles. The van der Waals surface area contributed by atoms with Crippen LogP contribution in [0, 0.1) is 11.3 Å². The van der Waals surface area contributed by atoms with Crippen LogP contribution in [0.15, 0.2) is 89.9 Å². The smallest absolute Gasteiger partial charge is 0.203 e. The maximum absolute atomic E-state index is 12.5. The summed E-state index contributed by atoms with van der Waals surface area (Å²) in [6.45, 7) is 0. The fourth-order valence-electron chi connectivity index (χ4n) is 2.81. The molecule has 0 radical (unpaired) electrons. The molecular formula is C23H15N3OS. The molecule has 4 rings (SSSR count). The fraction of sp³-hybridized carbons (Fsp3) is 0. The van der Waals surface area contributed by atoms with Gasteiger partial charge in [0, 0.05) is 11.8 Å². The SMILES string of the molecule is N#C/C(=C\c1ccc(-n2ccc(-c3cccs3)n2)cc1)C(=O)c1ccccc1. The highest BCUT2D eigenvalue weighted by molar-refractivity contribution is 7.13. The molecule has 0 bridgehead atoms. The highest BCUT2D eigenvalue weighted by atomic mass is 32.1. The summed E-state index contributed by atoms with van der Waals surface area (Å²) in [4.78, 5) is 13.6. The molecule has 134 valence electrons. The molecule has 0 spiro atoms. The lowest BCUT2D eigenvalue weighted by molar-refractivity contribution is 0.104. The molecule has 4 aromatic rings. The van der Waals surface area contributed by atoms with Gasteiger partial charge in [0.15, 0.2) is 0 Å². The summed E-state index contributed by atoms with van der Waals surface area (Å²) in [5.41, 5.74) is 3.24. The zero-order valence-corrected chi connectivity index (χ0v) is 15.6. The lowest BCUT2D eigenvalue weighted by atomic mass is 10.0. The summed E-state index contributed by atoms with van der Waals surface area (Å²) in [7, 11) is 0. The van der Waals surface area contributed by atoms with Crippen LogP contribution < -0.4 is 0 Å². The zero-order chi connectivity index (χ0) is 19.3. The van der Waals surface area contributed by atoms with Gasteiger partial charge in [-0.15, -0.1) is 11.3 Å². The maximum Gasteiger partial charge on any atom is 0.203 e. The summed E-state index contributed by atoms with van der Waals surface area (Å²) in [6, 6.07) is 24.4. The van der Waals surface area contributed by atoms with E-state index >= 15 is 0 Å². The molecule has 5 heteroatoms. The standard InChI is InChI=1S/C23H15N3OS/c24-16-19(23(27)18-5-2-1-3-6-18)15-17-8-10-20(11-9-17)26-13-12-21(25-26)22-7-4-14-28-22/h1-15H/b19-15+. The molecule has 0 unspecified atom stereocenters. The third-order valence-corrected chi connectivity index (χ3v) is 5.12. The predicted octanol–water partition coefficient (Wildman–Crippen LogP) is 5.39. The van der Waals surface area contributed by atoms with Crippen LogP contribution in [0.4, 0.5) is 0 Å². The highest BCUT2D eigenvalue weighted by Gasteiger charge is 2.11. The molecule has 0 aliphatic rings. The average molecular weight is 381 g/mol. The molecule has 28 heavy (non-hydrogen) atoms. The minimum absolute atomic E-state index is 0.109. The van der Waals surface area contributed by atoms with Crippen molar-refractivity contribution in [3.63, 3.8) is 0 Å². The van der Waals surface area contributed by atoms with Crippen LogP contribution in [0.1, 0.15) is 15.9 Å². The van der Waals surface area contributed by atoms with Gasteiger partial charge in [-0.3, -0.25) is 4.79 Å². The molecule has 2 aromatic heterocycles. The number of aromatic nitrogens is 2. The molecular weight excluding hydrogens is 366 g/mol. The summed E-state index contributed by atoms with van der Waals surface area (Å²) < 4.78 is 1.81. The van der Waals surface area contributed by atoms with Crippen molar-refractivity contribution >= 4 is 23.2 Å². The number of nitrogens with zero attached hydrogens (tertiary/aromatic N) is 3. The Kier molecular flexibility index (Phi) is 4.96. The van der Waals surface area contributed by atoms with Gasteiger partial charge in [-0.1, -0.05) is 48.5 Å². The normalized spacial score (nSPS) is 11.2. The van der Waals surface area contributed by atoms with Crippen LogP contribution in [-0.4, -0.2) is 15.6 Å². The van der Waals surface area contributed by atoms with Crippen LogP contribution in [-0.2, 0) is 0 Å². The molecule has 0 atom stereocenters. The van der Waals surface area contributed by atoms with Crippen molar-refractivity contribution in [3.8, 4) is 22.3 Å². The van der Waals surface area contributed by atoms with Gasteiger partial charge in [0.05, 0.1) is 10.6 Å². The van der Waals surface area contributed by atoms with E-state index in [1.807, 2.05) is 70.9 Å². The molecule has 0 aliphatic carbocycles. The Labute approximate surface area is 166 Å². The number of ketones is 1. The first-order chi connectivity index (χ1) is 13.7. The van der Waals surface area contributed by atoms with E-state index < -0.39 is 0 Å². The molecule has 0 aliphatic heterocycles. The highest BCUT2D eigenvalue weighted by Crippen LogP contribution is 2.23. The first-order valence-corrected chi connectivity index (χ1v) is 9.54. The number of carbonyl (C=O) groups is 1. The molecule has 0 fully saturated rings. The Morgan fingerprint density at radius 3 is 2.46 bits per heavy atom. The number of nitriles is 1. The van der Waals surface area contributed by atoms with Gasteiger partial charge in [0.2, 0.25) is 5.78 Å². The van der Waals surface area contributed by atoms with Crippen molar-refractivity contribution in [2.45, 2.75) is 0 Å². The first kappa shape index (κ1) is 17.7. The van der Waals surface area contributed by atoms with E-state index in [0.29, 0.717) is 5.56 Å². The number of hydrogen-bond acceptors (Lipinski definition) is 4. The number of Topliss-reactive ketones (excluding diaryl/α,β-unsaturated/α-hetero) is 1. The third kappa shape index (κ3) is 3.68. The van der Waals surface area contributed by atoms with Gasteiger partial charge in [-0.2, -0.15) is 10.4 Å². The lowest BCUT2D eigenvalue weighted by Gasteiger charge is -2.03. The number of thiophene rings is 1. The summed E-state index contributed by atoms with van der Waals surface area (Å²) >= 11 is 1.65. The van der Waals surface area contributed by atoms with Gasteiger partial charge >= 0.3 is 0 Å². The van der Waals surface area contributed by atoms with E-state index in [0.717, 1.165) is 21.8 Å². The monoisotopic (exact) mass is 381 g/mol. The molecule has 0 N–H and O–H groups in total. The Morgan fingerprint density at radius 1 is 1.00 bits per heavy atom. The van der Waals surface area contributed by atoms with Crippen LogP contribution in [0.3, 0.4) is 0 Å². The van der Waals surface area contributed by atoms with E-state index in [1.54, 1.807) is 41.7 Å². The van der Waals surface area contributed by atoms with E-state index in [4.69, 9.17) is 0 Å². The average Bonchev–Trinajstić information content (AvgIpc) is 3.44. The molecule has 0 saturated carbocycles. The Bertz CT molecular complexity index is 1160.